The highest BCUT2D eigenvalue weighted by molar-refractivity contribution is 7.18. The summed E-state index contributed by atoms with van der Waals surface area (Å²) in [6, 6.07) is 18.2. The molecule has 0 aliphatic rings. The number of nitrogens with two attached hydrogens (primary N) is 2. The van der Waals surface area contributed by atoms with Crippen molar-refractivity contribution >= 4 is 45.6 Å². The van der Waals surface area contributed by atoms with Gasteiger partial charge in [0.25, 0.3) is 5.91 Å². The molecule has 5 N–H and O–H groups in total. The van der Waals surface area contributed by atoms with Crippen LogP contribution in [0.15, 0.2) is 72.8 Å². The van der Waals surface area contributed by atoms with E-state index in [9.17, 15) is 18.8 Å². The second-order valence-electron chi connectivity index (χ2n) is 8.90. The largest absolute Gasteiger partial charge is 0.497 e. The maximum absolute atomic E-state index is 13.5. The molecule has 2 amide bonds. The molecular formula is C29H28FN5O5S. The second kappa shape index (κ2) is 12.9. The molecule has 0 saturated heterocycles. The molecule has 4 aromatic rings. The van der Waals surface area contributed by atoms with Gasteiger partial charge in [0, 0.05) is 17.8 Å². The Bertz CT molecular complexity index is 1520. The Morgan fingerprint density at radius 2 is 1.63 bits per heavy atom. The van der Waals surface area contributed by atoms with Crippen LogP contribution in [0.4, 0.5) is 21.0 Å². The molecule has 0 saturated carbocycles. The van der Waals surface area contributed by atoms with Crippen LogP contribution in [0.2, 0.25) is 0 Å². The van der Waals surface area contributed by atoms with Crippen LogP contribution in [0.1, 0.15) is 27.7 Å². The van der Waals surface area contributed by atoms with E-state index in [0.717, 1.165) is 22.6 Å². The fourth-order valence-corrected chi connectivity index (χ4v) is 4.84. The Labute approximate surface area is 239 Å². The first kappa shape index (κ1) is 29.0. The zero-order chi connectivity index (χ0) is 29.5. The number of ether oxygens (including phenoxy) is 2. The van der Waals surface area contributed by atoms with E-state index in [-0.39, 0.29) is 34.1 Å². The van der Waals surface area contributed by atoms with Gasteiger partial charge >= 0.3 is 0 Å². The highest BCUT2D eigenvalue weighted by Crippen LogP contribution is 2.36. The Morgan fingerprint density at radius 3 is 2.24 bits per heavy atom. The third-order valence-corrected chi connectivity index (χ3v) is 7.16. The molecule has 1 heterocycles. The number of methoxy groups -OCH3 is 1. The number of primary amides is 1. The molecule has 3 aromatic carbocycles. The van der Waals surface area contributed by atoms with Crippen molar-refractivity contribution in [3.63, 3.8) is 0 Å². The van der Waals surface area contributed by atoms with Crippen molar-refractivity contribution < 1.29 is 28.2 Å². The van der Waals surface area contributed by atoms with Crippen molar-refractivity contribution in [3.05, 3.63) is 94.6 Å². The predicted molar refractivity (Wildman–Crippen MR) is 154 cm³/mol. The van der Waals surface area contributed by atoms with Crippen LogP contribution >= 0.6 is 11.3 Å². The van der Waals surface area contributed by atoms with Crippen LogP contribution in [0.3, 0.4) is 0 Å². The Morgan fingerprint density at radius 1 is 1.00 bits per heavy atom. The molecule has 0 bridgehead atoms. The SMILES string of the molecule is COc1ccc(CNC(=O)COc2ccc(C(=O)c3sc(N(c4ccc(F)cc4)C(C)C(N)=O)nc3N)cc2)cc1. The summed E-state index contributed by atoms with van der Waals surface area (Å²) in [6.07, 6.45) is 0. The van der Waals surface area contributed by atoms with Crippen molar-refractivity contribution in [2.24, 2.45) is 5.73 Å². The van der Waals surface area contributed by atoms with Gasteiger partial charge in [0.2, 0.25) is 11.7 Å². The van der Waals surface area contributed by atoms with E-state index in [1.54, 1.807) is 38.3 Å². The van der Waals surface area contributed by atoms with E-state index < -0.39 is 17.8 Å². The molecule has 1 unspecified atom stereocenters. The molecule has 0 spiro atoms. The normalized spacial score (nSPS) is 11.4. The number of nitrogens with one attached hydrogen (secondary N) is 1. The zero-order valence-electron chi connectivity index (χ0n) is 22.3. The van der Waals surface area contributed by atoms with Gasteiger partial charge in [0.1, 0.15) is 34.1 Å². The zero-order valence-corrected chi connectivity index (χ0v) is 23.1. The summed E-state index contributed by atoms with van der Waals surface area (Å²) >= 11 is 0.987. The number of hydrogen-bond donors (Lipinski definition) is 3. The lowest BCUT2D eigenvalue weighted by Gasteiger charge is -2.26. The standard InChI is InChI=1S/C29H28FN5O5S/c1-17(28(32)38)35(21-9-7-20(30)8-10-21)29-34-27(31)26(41-29)25(37)19-5-13-23(14-6-19)40-16-24(36)33-15-18-3-11-22(39-2)12-4-18/h3-14,17H,15-16,31H2,1-2H3,(H2,32,38)(H,33,36). The molecule has 1 atom stereocenters. The van der Waals surface area contributed by atoms with Gasteiger partial charge in [-0.15, -0.1) is 0 Å². The highest BCUT2D eigenvalue weighted by atomic mass is 32.1. The maximum Gasteiger partial charge on any atom is 0.258 e. The lowest BCUT2D eigenvalue weighted by Crippen LogP contribution is -2.39. The van der Waals surface area contributed by atoms with Crippen molar-refractivity contribution in [2.75, 3.05) is 24.4 Å². The lowest BCUT2D eigenvalue weighted by atomic mass is 10.1. The molecule has 1 aromatic heterocycles. The van der Waals surface area contributed by atoms with Gasteiger partial charge in [-0.2, -0.15) is 0 Å². The minimum absolute atomic E-state index is 0.0207. The number of halogens is 1. The average Bonchev–Trinajstić information content (AvgIpc) is 3.36. The van der Waals surface area contributed by atoms with Crippen LogP contribution in [-0.4, -0.2) is 42.3 Å². The van der Waals surface area contributed by atoms with E-state index in [2.05, 4.69) is 10.3 Å². The molecule has 212 valence electrons. The van der Waals surface area contributed by atoms with Gasteiger partial charge < -0.3 is 31.2 Å². The van der Waals surface area contributed by atoms with Crippen LogP contribution in [0.25, 0.3) is 0 Å². The van der Waals surface area contributed by atoms with Crippen molar-refractivity contribution in [1.29, 1.82) is 0 Å². The Hall–Kier alpha value is -4.97. The highest BCUT2D eigenvalue weighted by Gasteiger charge is 2.27. The number of aromatic nitrogens is 1. The quantitative estimate of drug-likeness (QED) is 0.215. The van der Waals surface area contributed by atoms with Crippen molar-refractivity contribution in [1.82, 2.24) is 10.3 Å². The summed E-state index contributed by atoms with van der Waals surface area (Å²) in [6.45, 7) is 1.71. The molecule has 41 heavy (non-hydrogen) atoms. The molecule has 4 rings (SSSR count). The first-order chi connectivity index (χ1) is 19.7. The monoisotopic (exact) mass is 577 g/mol. The van der Waals surface area contributed by atoms with Gasteiger partial charge in [0.15, 0.2) is 11.7 Å². The molecule has 0 radical (unpaired) electrons. The van der Waals surface area contributed by atoms with Crippen LogP contribution in [0, 0.1) is 5.82 Å². The summed E-state index contributed by atoms with van der Waals surface area (Å²) in [5, 5.41) is 3.03. The van der Waals surface area contributed by atoms with Crippen LogP contribution in [0.5, 0.6) is 11.5 Å². The van der Waals surface area contributed by atoms with Gasteiger partial charge in [-0.3, -0.25) is 14.4 Å². The van der Waals surface area contributed by atoms with Crippen molar-refractivity contribution in [3.8, 4) is 11.5 Å². The van der Waals surface area contributed by atoms with Crippen LogP contribution in [-0.2, 0) is 16.1 Å². The second-order valence-corrected chi connectivity index (χ2v) is 9.88. The van der Waals surface area contributed by atoms with E-state index in [1.807, 2.05) is 24.3 Å². The van der Waals surface area contributed by atoms with E-state index in [0.29, 0.717) is 23.5 Å². The van der Waals surface area contributed by atoms with Gasteiger partial charge in [-0.05, 0) is 73.2 Å². The number of nitrogens with zero attached hydrogens (tertiary/aromatic N) is 2. The van der Waals surface area contributed by atoms with Crippen LogP contribution < -0.4 is 31.2 Å². The summed E-state index contributed by atoms with van der Waals surface area (Å²) in [5.41, 5.74) is 13.3. The topological polar surface area (TPSA) is 150 Å². The fourth-order valence-electron chi connectivity index (χ4n) is 3.79. The number of hydrogen-bond acceptors (Lipinski definition) is 9. The summed E-state index contributed by atoms with van der Waals surface area (Å²) in [5.74, 6) is -0.668. The minimum Gasteiger partial charge on any atom is -0.497 e. The van der Waals surface area contributed by atoms with E-state index >= 15 is 0 Å². The summed E-state index contributed by atoms with van der Waals surface area (Å²) in [7, 11) is 1.58. The molecule has 0 aliphatic carbocycles. The van der Waals surface area contributed by atoms with Gasteiger partial charge in [-0.1, -0.05) is 23.5 Å². The number of thiazole rings is 1. The first-order valence-corrected chi connectivity index (χ1v) is 13.3. The number of benzene rings is 3. The Kier molecular flexibility index (Phi) is 9.15. The third kappa shape index (κ3) is 7.17. The molecular weight excluding hydrogens is 549 g/mol. The van der Waals surface area contributed by atoms with Crippen molar-refractivity contribution in [2.45, 2.75) is 19.5 Å². The minimum atomic E-state index is -0.848. The number of carbonyl (C=O) groups is 3. The van der Waals surface area contributed by atoms with Gasteiger partial charge in [0.05, 0.1) is 7.11 Å². The van der Waals surface area contributed by atoms with E-state index in [4.69, 9.17) is 20.9 Å². The fraction of sp³-hybridized carbons (Fsp3) is 0.172. The Balaban J connectivity index is 1.40. The average molecular weight is 578 g/mol. The molecule has 0 aliphatic heterocycles. The molecule has 12 heteroatoms. The van der Waals surface area contributed by atoms with Gasteiger partial charge in [-0.25, -0.2) is 9.37 Å². The number of nitrogen functional groups attached to an aromatic ring is 1. The maximum atomic E-state index is 13.5. The smallest absolute Gasteiger partial charge is 0.258 e. The first-order valence-electron chi connectivity index (χ1n) is 12.4. The number of anilines is 3. The summed E-state index contributed by atoms with van der Waals surface area (Å²) < 4.78 is 24.2. The number of rotatable bonds is 12. The number of amides is 2. The molecule has 0 fully saturated rings. The molecule has 10 nitrogen and oxygen atoms in total. The summed E-state index contributed by atoms with van der Waals surface area (Å²) in [4.78, 5) is 43.4. The van der Waals surface area contributed by atoms with E-state index in [1.165, 1.54) is 29.2 Å². The number of ketones is 1. The third-order valence-electron chi connectivity index (χ3n) is 6.09. The lowest BCUT2D eigenvalue weighted by molar-refractivity contribution is -0.123. The number of carbonyl (C=O) groups excluding carboxylic acids is 3. The predicted octanol–water partition coefficient (Wildman–Crippen LogP) is 3.81.